The van der Waals surface area contributed by atoms with Crippen LogP contribution in [0.15, 0.2) is 6.20 Å². The van der Waals surface area contributed by atoms with Crippen molar-refractivity contribution in [3.63, 3.8) is 0 Å². The first-order valence-electron chi connectivity index (χ1n) is 4.17. The van der Waals surface area contributed by atoms with E-state index < -0.39 is 0 Å². The van der Waals surface area contributed by atoms with E-state index in [9.17, 15) is 0 Å². The molecule has 0 spiro atoms. The molecule has 0 atom stereocenters. The van der Waals surface area contributed by atoms with Gasteiger partial charge in [-0.2, -0.15) is 5.10 Å². The molecular formula is C8H12IN3. The van der Waals surface area contributed by atoms with Crippen molar-refractivity contribution >= 4 is 22.6 Å². The standard InChI is InChI=1S/C8H12IN3/c1-12-5-6(8(9)11-12)4-10-7-2-3-7/h5,7,10H,2-4H2,1H3. The van der Waals surface area contributed by atoms with E-state index in [1.165, 1.54) is 18.4 Å². The van der Waals surface area contributed by atoms with Crippen LogP contribution in [0.1, 0.15) is 18.4 Å². The summed E-state index contributed by atoms with van der Waals surface area (Å²) in [5.41, 5.74) is 1.31. The second-order valence-corrected chi connectivity index (χ2v) is 4.30. The number of rotatable bonds is 3. The summed E-state index contributed by atoms with van der Waals surface area (Å²) in [5.74, 6) is 0. The van der Waals surface area contributed by atoms with Gasteiger partial charge in [-0.25, -0.2) is 0 Å². The molecule has 1 aliphatic rings. The lowest BCUT2D eigenvalue weighted by Gasteiger charge is -1.98. The Morgan fingerprint density at radius 3 is 3.00 bits per heavy atom. The van der Waals surface area contributed by atoms with Crippen LogP contribution in [0.5, 0.6) is 0 Å². The van der Waals surface area contributed by atoms with Gasteiger partial charge in [0.25, 0.3) is 0 Å². The fourth-order valence-corrected chi connectivity index (χ4v) is 1.84. The van der Waals surface area contributed by atoms with Gasteiger partial charge in [0.05, 0.1) is 0 Å². The minimum Gasteiger partial charge on any atom is -0.310 e. The maximum Gasteiger partial charge on any atom is 0.127 e. The zero-order chi connectivity index (χ0) is 8.55. The third-order valence-corrected chi connectivity index (χ3v) is 2.92. The van der Waals surface area contributed by atoms with Crippen LogP contribution in [-0.2, 0) is 13.6 Å². The van der Waals surface area contributed by atoms with Crippen molar-refractivity contribution in [1.29, 1.82) is 0 Å². The molecule has 0 aromatic carbocycles. The van der Waals surface area contributed by atoms with Crippen LogP contribution in [0.2, 0.25) is 0 Å². The summed E-state index contributed by atoms with van der Waals surface area (Å²) in [7, 11) is 1.96. The highest BCUT2D eigenvalue weighted by atomic mass is 127. The number of aromatic nitrogens is 2. The van der Waals surface area contributed by atoms with Crippen molar-refractivity contribution < 1.29 is 0 Å². The Kier molecular flexibility index (Phi) is 2.36. The number of nitrogens with one attached hydrogen (secondary N) is 1. The third kappa shape index (κ3) is 1.98. The Morgan fingerprint density at radius 2 is 2.50 bits per heavy atom. The predicted octanol–water partition coefficient (Wildman–Crippen LogP) is 1.28. The Labute approximate surface area is 85.7 Å². The van der Waals surface area contributed by atoms with Crippen molar-refractivity contribution in [1.82, 2.24) is 15.1 Å². The molecule has 1 aliphatic carbocycles. The van der Waals surface area contributed by atoms with Crippen LogP contribution in [0.4, 0.5) is 0 Å². The highest BCUT2D eigenvalue weighted by molar-refractivity contribution is 14.1. The molecule has 3 nitrogen and oxygen atoms in total. The van der Waals surface area contributed by atoms with E-state index in [1.807, 2.05) is 11.7 Å². The van der Waals surface area contributed by atoms with Gasteiger partial charge in [0.1, 0.15) is 3.70 Å². The van der Waals surface area contributed by atoms with E-state index in [-0.39, 0.29) is 0 Å². The fraction of sp³-hybridized carbons (Fsp3) is 0.625. The lowest BCUT2D eigenvalue weighted by atomic mass is 10.3. The van der Waals surface area contributed by atoms with Crippen LogP contribution < -0.4 is 5.32 Å². The van der Waals surface area contributed by atoms with Crippen molar-refractivity contribution in [3.05, 3.63) is 15.5 Å². The summed E-state index contributed by atoms with van der Waals surface area (Å²) in [6.07, 6.45) is 4.77. The van der Waals surface area contributed by atoms with E-state index in [0.29, 0.717) is 0 Å². The summed E-state index contributed by atoms with van der Waals surface area (Å²) < 4.78 is 2.98. The lowest BCUT2D eigenvalue weighted by molar-refractivity contribution is 0.685. The topological polar surface area (TPSA) is 29.9 Å². The molecule has 1 aromatic rings. The molecule has 66 valence electrons. The molecule has 0 bridgehead atoms. The number of hydrogen-bond donors (Lipinski definition) is 1. The molecule has 1 N–H and O–H groups in total. The minimum atomic E-state index is 0.779. The molecule has 1 saturated carbocycles. The SMILES string of the molecule is Cn1cc(CNC2CC2)c(I)n1. The molecule has 0 amide bonds. The zero-order valence-corrected chi connectivity index (χ0v) is 9.21. The molecule has 1 fully saturated rings. The van der Waals surface area contributed by atoms with E-state index in [2.05, 4.69) is 39.2 Å². The van der Waals surface area contributed by atoms with Crippen LogP contribution in [0.25, 0.3) is 0 Å². The van der Waals surface area contributed by atoms with Gasteiger partial charge in [-0.1, -0.05) is 0 Å². The first kappa shape index (κ1) is 8.50. The van der Waals surface area contributed by atoms with Crippen molar-refractivity contribution in [3.8, 4) is 0 Å². The number of hydrogen-bond acceptors (Lipinski definition) is 2. The Bertz CT molecular complexity index is 278. The smallest absolute Gasteiger partial charge is 0.127 e. The molecule has 1 heterocycles. The van der Waals surface area contributed by atoms with E-state index >= 15 is 0 Å². The predicted molar refractivity (Wildman–Crippen MR) is 55.8 cm³/mol. The molecular weight excluding hydrogens is 265 g/mol. The van der Waals surface area contributed by atoms with Gasteiger partial charge in [0, 0.05) is 31.4 Å². The van der Waals surface area contributed by atoms with Crippen LogP contribution >= 0.6 is 22.6 Å². The van der Waals surface area contributed by atoms with Gasteiger partial charge < -0.3 is 5.32 Å². The molecule has 4 heteroatoms. The average Bonchev–Trinajstić information content (AvgIpc) is 2.76. The van der Waals surface area contributed by atoms with Gasteiger partial charge in [0.2, 0.25) is 0 Å². The summed E-state index contributed by atoms with van der Waals surface area (Å²) in [5, 5.41) is 7.74. The average molecular weight is 277 g/mol. The molecule has 2 rings (SSSR count). The maximum atomic E-state index is 4.27. The Balaban J connectivity index is 1.96. The third-order valence-electron chi connectivity index (χ3n) is 2.01. The van der Waals surface area contributed by atoms with Crippen LogP contribution in [0.3, 0.4) is 0 Å². The highest BCUT2D eigenvalue weighted by Gasteiger charge is 2.20. The first-order chi connectivity index (χ1) is 5.75. The summed E-state index contributed by atoms with van der Waals surface area (Å²) in [6, 6.07) is 0.779. The molecule has 0 radical (unpaired) electrons. The molecule has 0 saturated heterocycles. The fourth-order valence-electron chi connectivity index (χ4n) is 1.17. The van der Waals surface area contributed by atoms with Gasteiger partial charge in [-0.15, -0.1) is 0 Å². The minimum absolute atomic E-state index is 0.779. The monoisotopic (exact) mass is 277 g/mol. The summed E-state index contributed by atoms with van der Waals surface area (Å²) >= 11 is 2.28. The number of nitrogens with zero attached hydrogens (tertiary/aromatic N) is 2. The van der Waals surface area contributed by atoms with Gasteiger partial charge in [0.15, 0.2) is 0 Å². The Hall–Kier alpha value is -0.100. The quantitative estimate of drug-likeness (QED) is 0.843. The second-order valence-electron chi connectivity index (χ2n) is 3.27. The molecule has 12 heavy (non-hydrogen) atoms. The van der Waals surface area contributed by atoms with E-state index in [0.717, 1.165) is 16.3 Å². The van der Waals surface area contributed by atoms with E-state index in [4.69, 9.17) is 0 Å². The largest absolute Gasteiger partial charge is 0.310 e. The number of aryl methyl sites for hydroxylation is 1. The maximum absolute atomic E-state index is 4.27. The van der Waals surface area contributed by atoms with Gasteiger partial charge in [-0.05, 0) is 35.4 Å². The summed E-state index contributed by atoms with van der Waals surface area (Å²) in [6.45, 7) is 0.969. The Morgan fingerprint density at radius 1 is 1.75 bits per heavy atom. The normalized spacial score (nSPS) is 16.8. The lowest BCUT2D eigenvalue weighted by Crippen LogP contribution is -2.15. The van der Waals surface area contributed by atoms with Crippen molar-refractivity contribution in [2.24, 2.45) is 7.05 Å². The second kappa shape index (κ2) is 3.33. The first-order valence-corrected chi connectivity index (χ1v) is 5.25. The molecule has 0 aliphatic heterocycles. The highest BCUT2D eigenvalue weighted by Crippen LogP contribution is 2.19. The van der Waals surface area contributed by atoms with Crippen molar-refractivity contribution in [2.75, 3.05) is 0 Å². The van der Waals surface area contributed by atoms with Gasteiger partial charge in [-0.3, -0.25) is 4.68 Å². The van der Waals surface area contributed by atoms with Gasteiger partial charge >= 0.3 is 0 Å². The van der Waals surface area contributed by atoms with Crippen molar-refractivity contribution in [2.45, 2.75) is 25.4 Å². The molecule has 0 unspecified atom stereocenters. The van der Waals surface area contributed by atoms with Crippen LogP contribution in [-0.4, -0.2) is 15.8 Å². The van der Waals surface area contributed by atoms with E-state index in [1.54, 1.807) is 0 Å². The zero-order valence-electron chi connectivity index (χ0n) is 7.05. The summed E-state index contributed by atoms with van der Waals surface area (Å²) in [4.78, 5) is 0. The van der Waals surface area contributed by atoms with Crippen LogP contribution in [0, 0.1) is 3.70 Å². The molecule has 1 aromatic heterocycles. The number of halogens is 1.